The van der Waals surface area contributed by atoms with Gasteiger partial charge in [0.2, 0.25) is 5.91 Å². The second kappa shape index (κ2) is 9.45. The van der Waals surface area contributed by atoms with E-state index in [1.807, 2.05) is 29.2 Å². The molecular weight excluding hydrogens is 398 g/mol. The molecule has 0 N–H and O–H groups in total. The first-order chi connectivity index (χ1) is 14.6. The third-order valence-corrected chi connectivity index (χ3v) is 5.96. The lowest BCUT2D eigenvalue weighted by molar-refractivity contribution is -0.133. The summed E-state index contributed by atoms with van der Waals surface area (Å²) in [6, 6.07) is 16.0. The van der Waals surface area contributed by atoms with Gasteiger partial charge in [0, 0.05) is 51.1 Å². The van der Waals surface area contributed by atoms with Crippen LogP contribution in [0.4, 0.5) is 0 Å². The number of aryl methyl sites for hydroxylation is 2. The van der Waals surface area contributed by atoms with Crippen LogP contribution < -0.4 is 0 Å². The fourth-order valence-corrected chi connectivity index (χ4v) is 4.00. The Morgan fingerprint density at radius 3 is 2.57 bits per heavy atom. The number of benzene rings is 2. The van der Waals surface area contributed by atoms with Crippen molar-refractivity contribution in [2.75, 3.05) is 26.2 Å². The molecule has 30 heavy (non-hydrogen) atoms. The van der Waals surface area contributed by atoms with Crippen molar-refractivity contribution in [2.45, 2.75) is 26.3 Å². The summed E-state index contributed by atoms with van der Waals surface area (Å²) in [7, 11) is 0. The summed E-state index contributed by atoms with van der Waals surface area (Å²) < 4.78 is 5.81. The van der Waals surface area contributed by atoms with Crippen LogP contribution in [0, 0.1) is 6.92 Å². The molecular formula is C24H26ClN3O2. The van der Waals surface area contributed by atoms with E-state index in [2.05, 4.69) is 41.1 Å². The number of amides is 1. The van der Waals surface area contributed by atoms with E-state index in [0.717, 1.165) is 38.3 Å². The van der Waals surface area contributed by atoms with Gasteiger partial charge in [-0.2, -0.15) is 0 Å². The number of halogens is 1. The van der Waals surface area contributed by atoms with Gasteiger partial charge in [-0.3, -0.25) is 9.69 Å². The second-order valence-corrected chi connectivity index (χ2v) is 8.09. The van der Waals surface area contributed by atoms with Crippen molar-refractivity contribution >= 4 is 17.5 Å². The molecule has 4 rings (SSSR count). The highest BCUT2D eigenvalue weighted by Crippen LogP contribution is 2.28. The van der Waals surface area contributed by atoms with Crippen molar-refractivity contribution in [3.05, 3.63) is 76.8 Å². The van der Waals surface area contributed by atoms with Crippen LogP contribution in [0.3, 0.4) is 0 Å². The van der Waals surface area contributed by atoms with Crippen LogP contribution >= 0.6 is 11.6 Å². The number of aromatic nitrogens is 1. The van der Waals surface area contributed by atoms with Crippen LogP contribution in [-0.2, 0) is 17.8 Å². The average molecular weight is 424 g/mol. The summed E-state index contributed by atoms with van der Waals surface area (Å²) in [5.41, 5.74) is 3.49. The van der Waals surface area contributed by atoms with E-state index in [4.69, 9.17) is 16.0 Å². The minimum absolute atomic E-state index is 0.156. The Hall–Kier alpha value is -2.63. The van der Waals surface area contributed by atoms with Gasteiger partial charge in [0.15, 0.2) is 11.7 Å². The lowest BCUT2D eigenvalue weighted by Gasteiger charge is -2.35. The van der Waals surface area contributed by atoms with Gasteiger partial charge in [-0.15, -0.1) is 0 Å². The van der Waals surface area contributed by atoms with Gasteiger partial charge in [-0.05, 0) is 30.2 Å². The maximum Gasteiger partial charge on any atom is 0.223 e. The summed E-state index contributed by atoms with van der Waals surface area (Å²) in [5.74, 6) is 1.35. The zero-order valence-corrected chi connectivity index (χ0v) is 17.9. The Balaban J connectivity index is 1.26. The molecule has 0 spiro atoms. The van der Waals surface area contributed by atoms with E-state index in [-0.39, 0.29) is 5.91 Å². The van der Waals surface area contributed by atoms with Gasteiger partial charge >= 0.3 is 0 Å². The van der Waals surface area contributed by atoms with E-state index in [9.17, 15) is 4.79 Å². The molecule has 156 valence electrons. The Morgan fingerprint density at radius 1 is 1.07 bits per heavy atom. The number of hydrogen-bond acceptors (Lipinski definition) is 4. The molecule has 2 heterocycles. The highest BCUT2D eigenvalue weighted by atomic mass is 35.5. The van der Waals surface area contributed by atoms with Gasteiger partial charge in [0.25, 0.3) is 0 Å². The molecule has 1 aromatic heterocycles. The first kappa shape index (κ1) is 20.6. The molecule has 0 bridgehead atoms. The topological polar surface area (TPSA) is 49.6 Å². The summed E-state index contributed by atoms with van der Waals surface area (Å²) >= 11 is 6.22. The molecule has 1 amide bonds. The normalized spacial score (nSPS) is 14.8. The number of oxazole rings is 1. The van der Waals surface area contributed by atoms with E-state index in [1.54, 1.807) is 6.20 Å². The van der Waals surface area contributed by atoms with Crippen LogP contribution in [0.5, 0.6) is 0 Å². The number of piperazine rings is 1. The lowest BCUT2D eigenvalue weighted by atomic mass is 10.1. The molecule has 6 heteroatoms. The molecule has 2 aromatic carbocycles. The average Bonchev–Trinajstić information content (AvgIpc) is 3.23. The molecule has 0 unspecified atom stereocenters. The van der Waals surface area contributed by atoms with Crippen LogP contribution in [0.25, 0.3) is 11.3 Å². The smallest absolute Gasteiger partial charge is 0.223 e. The van der Waals surface area contributed by atoms with E-state index < -0.39 is 0 Å². The summed E-state index contributed by atoms with van der Waals surface area (Å²) in [4.78, 5) is 21.3. The zero-order valence-electron chi connectivity index (χ0n) is 17.2. The first-order valence-electron chi connectivity index (χ1n) is 10.3. The molecule has 1 fully saturated rings. The highest BCUT2D eigenvalue weighted by Gasteiger charge is 2.22. The highest BCUT2D eigenvalue weighted by molar-refractivity contribution is 6.33. The third-order valence-electron chi connectivity index (χ3n) is 5.63. The summed E-state index contributed by atoms with van der Waals surface area (Å²) in [6.07, 6.45) is 2.57. The SMILES string of the molecule is Cc1ccccc1CN1CCN(C(=O)CCc2ncc(-c3ccccc3Cl)o2)CC1. The van der Waals surface area contributed by atoms with Crippen molar-refractivity contribution in [3.63, 3.8) is 0 Å². The number of rotatable bonds is 6. The van der Waals surface area contributed by atoms with Crippen LogP contribution in [0.1, 0.15) is 23.4 Å². The molecule has 1 aliphatic heterocycles. The molecule has 0 aliphatic carbocycles. The van der Waals surface area contributed by atoms with Gasteiger partial charge < -0.3 is 9.32 Å². The summed E-state index contributed by atoms with van der Waals surface area (Å²) in [5, 5.41) is 0.625. The van der Waals surface area contributed by atoms with Gasteiger partial charge in [-0.25, -0.2) is 4.98 Å². The van der Waals surface area contributed by atoms with E-state index >= 15 is 0 Å². The van der Waals surface area contributed by atoms with E-state index in [0.29, 0.717) is 29.5 Å². The minimum Gasteiger partial charge on any atom is -0.441 e. The molecule has 3 aromatic rings. The van der Waals surface area contributed by atoms with Crippen LogP contribution in [-0.4, -0.2) is 46.9 Å². The Labute approximate surface area is 182 Å². The maximum atomic E-state index is 12.6. The van der Waals surface area contributed by atoms with Gasteiger partial charge in [0.1, 0.15) is 0 Å². The third kappa shape index (κ3) is 4.91. The minimum atomic E-state index is 0.156. The Bertz CT molecular complexity index is 1010. The monoisotopic (exact) mass is 423 g/mol. The predicted octanol–water partition coefficient (Wildman–Crippen LogP) is 4.58. The zero-order chi connectivity index (χ0) is 20.9. The molecule has 1 aliphatic rings. The standard InChI is InChI=1S/C24H26ClN3O2/c1-18-6-2-3-7-19(18)17-27-12-14-28(15-13-27)24(29)11-10-23-26-16-22(30-23)20-8-4-5-9-21(20)25/h2-9,16H,10-15,17H2,1H3. The fraction of sp³-hybridized carbons (Fsp3) is 0.333. The van der Waals surface area contributed by atoms with Crippen molar-refractivity contribution in [2.24, 2.45) is 0 Å². The largest absolute Gasteiger partial charge is 0.441 e. The van der Waals surface area contributed by atoms with Crippen molar-refractivity contribution in [1.82, 2.24) is 14.8 Å². The van der Waals surface area contributed by atoms with Gasteiger partial charge in [-0.1, -0.05) is 48.0 Å². The van der Waals surface area contributed by atoms with Crippen molar-refractivity contribution in [1.29, 1.82) is 0 Å². The predicted molar refractivity (Wildman–Crippen MR) is 118 cm³/mol. The Kier molecular flexibility index (Phi) is 6.50. The first-order valence-corrected chi connectivity index (χ1v) is 10.7. The lowest BCUT2D eigenvalue weighted by Crippen LogP contribution is -2.48. The molecule has 1 saturated heterocycles. The Morgan fingerprint density at radius 2 is 1.80 bits per heavy atom. The second-order valence-electron chi connectivity index (χ2n) is 7.68. The van der Waals surface area contributed by atoms with Gasteiger partial charge in [0.05, 0.1) is 11.2 Å². The number of carbonyl (C=O) groups excluding carboxylic acids is 1. The van der Waals surface area contributed by atoms with Crippen molar-refractivity contribution < 1.29 is 9.21 Å². The van der Waals surface area contributed by atoms with Crippen LogP contribution in [0.15, 0.2) is 59.1 Å². The number of nitrogens with zero attached hydrogens (tertiary/aromatic N) is 3. The summed E-state index contributed by atoms with van der Waals surface area (Å²) in [6.45, 7) is 6.42. The van der Waals surface area contributed by atoms with Crippen LogP contribution in [0.2, 0.25) is 5.02 Å². The molecule has 0 atom stereocenters. The quantitative estimate of drug-likeness (QED) is 0.582. The molecule has 0 radical (unpaired) electrons. The van der Waals surface area contributed by atoms with E-state index in [1.165, 1.54) is 11.1 Å². The number of hydrogen-bond donors (Lipinski definition) is 0. The van der Waals surface area contributed by atoms with Crippen molar-refractivity contribution in [3.8, 4) is 11.3 Å². The molecule has 0 saturated carbocycles. The maximum absolute atomic E-state index is 12.6. The fourth-order valence-electron chi connectivity index (χ4n) is 3.77. The molecule has 5 nitrogen and oxygen atoms in total. The number of carbonyl (C=O) groups is 1.